The molecule has 1 aliphatic heterocycles. The van der Waals surface area contributed by atoms with Gasteiger partial charge in [0.1, 0.15) is 0 Å². The molecular formula is C19H24N4O. The zero-order valence-electron chi connectivity index (χ0n) is 14.1. The highest BCUT2D eigenvalue weighted by atomic mass is 16.1. The van der Waals surface area contributed by atoms with Crippen molar-refractivity contribution in [3.8, 4) is 11.3 Å². The Bertz CT molecular complexity index is 657. The summed E-state index contributed by atoms with van der Waals surface area (Å²) in [5, 5.41) is 2.99. The van der Waals surface area contributed by atoms with E-state index in [4.69, 9.17) is 0 Å². The Hall–Kier alpha value is -2.27. The third kappa shape index (κ3) is 4.17. The number of pyridine rings is 2. The minimum absolute atomic E-state index is 0.0649. The molecule has 1 atom stereocenters. The number of hydrogen-bond acceptors (Lipinski definition) is 4. The van der Waals surface area contributed by atoms with E-state index in [1.54, 1.807) is 18.6 Å². The molecule has 1 fully saturated rings. The van der Waals surface area contributed by atoms with E-state index in [2.05, 4.69) is 27.1 Å². The number of piperidine rings is 1. The SMILES string of the molecule is CC1CCCCN1CCNC(=O)c1ccc(-c2cccnc2)nc1. The van der Waals surface area contributed by atoms with Crippen LogP contribution in [-0.4, -0.2) is 46.5 Å². The van der Waals surface area contributed by atoms with Crippen LogP contribution in [0.5, 0.6) is 0 Å². The lowest BCUT2D eigenvalue weighted by atomic mass is 10.0. The van der Waals surface area contributed by atoms with E-state index in [-0.39, 0.29) is 5.91 Å². The van der Waals surface area contributed by atoms with E-state index in [1.165, 1.54) is 19.3 Å². The highest BCUT2D eigenvalue weighted by Gasteiger charge is 2.17. The van der Waals surface area contributed by atoms with Crippen molar-refractivity contribution in [2.24, 2.45) is 0 Å². The second-order valence-corrected chi connectivity index (χ2v) is 6.31. The van der Waals surface area contributed by atoms with Crippen LogP contribution in [0.15, 0.2) is 42.9 Å². The summed E-state index contributed by atoms with van der Waals surface area (Å²) in [5.41, 5.74) is 2.36. The van der Waals surface area contributed by atoms with Crippen LogP contribution in [0.4, 0.5) is 0 Å². The average molecular weight is 324 g/mol. The van der Waals surface area contributed by atoms with Crippen LogP contribution >= 0.6 is 0 Å². The highest BCUT2D eigenvalue weighted by molar-refractivity contribution is 5.94. The van der Waals surface area contributed by atoms with Gasteiger partial charge in [-0.3, -0.25) is 19.7 Å². The Kier molecular flexibility index (Phi) is 5.54. The van der Waals surface area contributed by atoms with Gasteiger partial charge in [0.25, 0.3) is 5.91 Å². The van der Waals surface area contributed by atoms with Crippen LogP contribution < -0.4 is 5.32 Å². The number of amides is 1. The maximum atomic E-state index is 12.2. The first-order valence-corrected chi connectivity index (χ1v) is 8.63. The molecule has 0 aliphatic carbocycles. The van der Waals surface area contributed by atoms with Crippen LogP contribution in [0.1, 0.15) is 36.5 Å². The molecule has 0 radical (unpaired) electrons. The van der Waals surface area contributed by atoms with Crippen LogP contribution in [0.25, 0.3) is 11.3 Å². The fraction of sp³-hybridized carbons (Fsp3) is 0.421. The van der Waals surface area contributed by atoms with Gasteiger partial charge in [0.05, 0.1) is 11.3 Å². The summed E-state index contributed by atoms with van der Waals surface area (Å²) >= 11 is 0. The molecule has 5 heteroatoms. The number of nitrogens with zero attached hydrogens (tertiary/aromatic N) is 3. The molecule has 5 nitrogen and oxygen atoms in total. The molecule has 0 bridgehead atoms. The molecular weight excluding hydrogens is 300 g/mol. The lowest BCUT2D eigenvalue weighted by Crippen LogP contribution is -2.42. The van der Waals surface area contributed by atoms with Crippen molar-refractivity contribution in [2.75, 3.05) is 19.6 Å². The van der Waals surface area contributed by atoms with E-state index in [0.717, 1.165) is 24.3 Å². The Morgan fingerprint density at radius 3 is 2.92 bits per heavy atom. The summed E-state index contributed by atoms with van der Waals surface area (Å²) in [6, 6.07) is 8.12. The molecule has 24 heavy (non-hydrogen) atoms. The molecule has 2 aromatic heterocycles. The minimum Gasteiger partial charge on any atom is -0.351 e. The van der Waals surface area contributed by atoms with Gasteiger partial charge in [-0.05, 0) is 50.6 Å². The quantitative estimate of drug-likeness (QED) is 0.919. The summed E-state index contributed by atoms with van der Waals surface area (Å²) < 4.78 is 0. The number of aromatic nitrogens is 2. The predicted octanol–water partition coefficient (Wildman–Crippen LogP) is 2.75. The number of carbonyl (C=O) groups is 1. The third-order valence-corrected chi connectivity index (χ3v) is 4.61. The Balaban J connectivity index is 1.52. The van der Waals surface area contributed by atoms with Gasteiger partial charge in [-0.1, -0.05) is 6.42 Å². The van der Waals surface area contributed by atoms with Gasteiger partial charge in [-0.25, -0.2) is 0 Å². The Morgan fingerprint density at radius 1 is 1.29 bits per heavy atom. The van der Waals surface area contributed by atoms with E-state index < -0.39 is 0 Å². The highest BCUT2D eigenvalue weighted by Crippen LogP contribution is 2.16. The van der Waals surface area contributed by atoms with Gasteiger partial charge in [-0.2, -0.15) is 0 Å². The van der Waals surface area contributed by atoms with Crippen molar-refractivity contribution < 1.29 is 4.79 Å². The number of carbonyl (C=O) groups excluding carboxylic acids is 1. The number of hydrogen-bond donors (Lipinski definition) is 1. The van der Waals surface area contributed by atoms with E-state index >= 15 is 0 Å². The van der Waals surface area contributed by atoms with E-state index in [0.29, 0.717) is 18.2 Å². The Labute approximate surface area is 143 Å². The molecule has 3 rings (SSSR count). The van der Waals surface area contributed by atoms with Gasteiger partial charge >= 0.3 is 0 Å². The molecule has 1 aliphatic rings. The lowest BCUT2D eigenvalue weighted by Gasteiger charge is -2.33. The molecule has 1 unspecified atom stereocenters. The van der Waals surface area contributed by atoms with Crippen molar-refractivity contribution in [2.45, 2.75) is 32.2 Å². The first-order valence-electron chi connectivity index (χ1n) is 8.63. The largest absolute Gasteiger partial charge is 0.351 e. The molecule has 3 heterocycles. The number of nitrogens with one attached hydrogen (secondary N) is 1. The normalized spacial score (nSPS) is 18.3. The third-order valence-electron chi connectivity index (χ3n) is 4.61. The maximum absolute atomic E-state index is 12.2. The molecule has 2 aromatic rings. The zero-order valence-corrected chi connectivity index (χ0v) is 14.1. The summed E-state index contributed by atoms with van der Waals surface area (Å²) in [6.45, 7) is 4.99. The second-order valence-electron chi connectivity index (χ2n) is 6.31. The lowest BCUT2D eigenvalue weighted by molar-refractivity contribution is 0.0938. The van der Waals surface area contributed by atoms with Gasteiger partial charge < -0.3 is 5.32 Å². The first kappa shape index (κ1) is 16.6. The zero-order chi connectivity index (χ0) is 16.8. The molecule has 126 valence electrons. The van der Waals surface area contributed by atoms with Gasteiger partial charge in [0.2, 0.25) is 0 Å². The van der Waals surface area contributed by atoms with Crippen molar-refractivity contribution in [3.63, 3.8) is 0 Å². The molecule has 0 spiro atoms. The van der Waals surface area contributed by atoms with Crippen LogP contribution in [0, 0.1) is 0 Å². The maximum Gasteiger partial charge on any atom is 0.252 e. The summed E-state index contributed by atoms with van der Waals surface area (Å²) in [6.07, 6.45) is 8.96. The molecule has 0 saturated carbocycles. The smallest absolute Gasteiger partial charge is 0.252 e. The summed E-state index contributed by atoms with van der Waals surface area (Å²) in [5.74, 6) is -0.0649. The van der Waals surface area contributed by atoms with Crippen LogP contribution in [0.2, 0.25) is 0 Å². The fourth-order valence-corrected chi connectivity index (χ4v) is 3.12. The second kappa shape index (κ2) is 8.02. The topological polar surface area (TPSA) is 58.1 Å². The van der Waals surface area contributed by atoms with Crippen molar-refractivity contribution >= 4 is 5.91 Å². The van der Waals surface area contributed by atoms with Crippen molar-refractivity contribution in [3.05, 3.63) is 48.4 Å². The molecule has 1 amide bonds. The summed E-state index contributed by atoms with van der Waals surface area (Å²) in [4.78, 5) is 23.1. The monoisotopic (exact) mass is 324 g/mol. The number of rotatable bonds is 5. The minimum atomic E-state index is -0.0649. The standard InChI is InChI=1S/C19H24N4O/c1-15-5-2-3-11-23(15)12-10-21-19(24)17-7-8-18(22-14-17)16-6-4-9-20-13-16/h4,6-9,13-15H,2-3,5,10-12H2,1H3,(H,21,24). The molecule has 1 N–H and O–H groups in total. The molecule has 0 aromatic carbocycles. The van der Waals surface area contributed by atoms with Crippen molar-refractivity contribution in [1.82, 2.24) is 20.2 Å². The van der Waals surface area contributed by atoms with E-state index in [1.807, 2.05) is 24.3 Å². The van der Waals surface area contributed by atoms with Crippen LogP contribution in [0.3, 0.4) is 0 Å². The van der Waals surface area contributed by atoms with Gasteiger partial charge in [-0.15, -0.1) is 0 Å². The van der Waals surface area contributed by atoms with Gasteiger partial charge in [0, 0.05) is 43.3 Å². The van der Waals surface area contributed by atoms with Crippen molar-refractivity contribution in [1.29, 1.82) is 0 Å². The van der Waals surface area contributed by atoms with Gasteiger partial charge in [0.15, 0.2) is 0 Å². The summed E-state index contributed by atoms with van der Waals surface area (Å²) in [7, 11) is 0. The predicted molar refractivity (Wildman–Crippen MR) is 94.7 cm³/mol. The Morgan fingerprint density at radius 2 is 2.21 bits per heavy atom. The van der Waals surface area contributed by atoms with E-state index in [9.17, 15) is 4.79 Å². The average Bonchev–Trinajstić information content (AvgIpc) is 2.64. The molecule has 1 saturated heterocycles. The first-order chi connectivity index (χ1) is 11.7. The fourth-order valence-electron chi connectivity index (χ4n) is 3.12. The van der Waals surface area contributed by atoms with Crippen LogP contribution in [-0.2, 0) is 0 Å². The number of likely N-dealkylation sites (tertiary alicyclic amines) is 1.